The van der Waals surface area contributed by atoms with Crippen LogP contribution in [-0.4, -0.2) is 39.9 Å². The van der Waals surface area contributed by atoms with E-state index < -0.39 is 0 Å². The predicted octanol–water partition coefficient (Wildman–Crippen LogP) is 25.6. The maximum Gasteiger partial charge on any atom is 0.0978 e. The Morgan fingerprint density at radius 1 is 0.130 bits per heavy atom. The van der Waals surface area contributed by atoms with Crippen LogP contribution in [-0.2, 0) is 0 Å². The molecule has 0 radical (unpaired) electrons. The average molecular weight is 1370 g/mol. The minimum atomic E-state index is 0.820. The second kappa shape index (κ2) is 25.7. The number of nitrogens with zero attached hydrogens (tertiary/aromatic N) is 8. The molecule has 0 aliphatic rings. The SMILES string of the molecule is c1ccc(-c2ccc3ccc4ccc(-c5ccc(-c6ccc7ccc(-c8ccc9c(-c%10ccccc%10)cc(-c%10cc(-c%11ccccc%11)nc%11c%10ccc%10ccc(-c%12ccc(-c%13ccc%14ccc(-c%15ccc%16c(-c%17ccc%18ccccc%18c%17)cccc%16n%15)cc%14n%13)cc%12)nc%10%11)cc9n8)cc7n6)cc5)nc4c3n2)cc1. The molecule has 8 nitrogen and oxygen atoms in total. The van der Waals surface area contributed by atoms with Crippen molar-refractivity contribution in [3.63, 3.8) is 0 Å². The standard InChI is InChI=1S/C100H60N8/c1-4-14-62(15-5-1)83-56-78(59-96-81(83)47-54-91(104-96)77-38-33-70-41-49-86(103-94(70)58-77)65-24-28-67(29-25-65)88-51-43-72-35-34-71-42-50-87(63-16-6-2-7-17-63)105-97(71)98(72)106-88)84-60-95(64-18-8-3-9-19-64)108-100-82(84)45-39-73-44-52-89(107-99(73)100)68-30-26-66(27-31-68)85-48-40-69-32-37-76(57-93(69)102-85)90-53-46-80-79(21-12-22-92(80)101-90)75-36-23-61-13-10-11-20-74(61)55-75/h1-60H. The zero-order valence-electron chi connectivity index (χ0n) is 58.2. The molecular weight excluding hydrogens is 1310 g/mol. The normalized spacial score (nSPS) is 11.7. The summed E-state index contributed by atoms with van der Waals surface area (Å²) in [6.45, 7) is 0. The Morgan fingerprint density at radius 3 is 1.03 bits per heavy atom. The summed E-state index contributed by atoms with van der Waals surface area (Å²) in [7, 11) is 0. The van der Waals surface area contributed by atoms with Crippen LogP contribution < -0.4 is 0 Å². The summed E-state index contributed by atoms with van der Waals surface area (Å²) >= 11 is 0. The van der Waals surface area contributed by atoms with Gasteiger partial charge in [0.05, 0.1) is 89.7 Å². The van der Waals surface area contributed by atoms with Gasteiger partial charge in [0.1, 0.15) is 0 Å². The molecule has 0 N–H and O–H groups in total. The molecule has 8 heteroatoms. The molecule has 8 heterocycles. The van der Waals surface area contributed by atoms with Crippen molar-refractivity contribution in [1.82, 2.24) is 39.9 Å². The van der Waals surface area contributed by atoms with Gasteiger partial charge in [0, 0.05) is 87.6 Å². The number of rotatable bonds is 11. The third kappa shape index (κ3) is 11.2. The quantitative estimate of drug-likeness (QED) is 0.118. The molecule has 0 unspecified atom stereocenters. The average Bonchev–Trinajstić information content (AvgIpc) is 0.746. The molecule has 0 spiro atoms. The monoisotopic (exact) mass is 1370 g/mol. The molecule has 8 aromatic heterocycles. The van der Waals surface area contributed by atoms with E-state index in [0.717, 1.165) is 200 Å². The fraction of sp³-hybridized carbons (Fsp3) is 0. The number of benzene rings is 13. The summed E-state index contributed by atoms with van der Waals surface area (Å²) in [5.41, 5.74) is 28.8. The van der Waals surface area contributed by atoms with E-state index >= 15 is 0 Å². The molecule has 21 rings (SSSR count). The topological polar surface area (TPSA) is 103 Å². The summed E-state index contributed by atoms with van der Waals surface area (Å²) in [4.78, 5) is 42.7. The van der Waals surface area contributed by atoms with E-state index in [-0.39, 0.29) is 0 Å². The van der Waals surface area contributed by atoms with Crippen LogP contribution in [0.15, 0.2) is 364 Å². The van der Waals surface area contributed by atoms with Crippen molar-refractivity contribution < 1.29 is 0 Å². The van der Waals surface area contributed by atoms with Gasteiger partial charge >= 0.3 is 0 Å². The minimum absolute atomic E-state index is 0.820. The van der Waals surface area contributed by atoms with Crippen LogP contribution in [0.5, 0.6) is 0 Å². The Bertz CT molecular complexity index is 7210. The van der Waals surface area contributed by atoms with E-state index in [9.17, 15) is 0 Å². The fourth-order valence-electron chi connectivity index (χ4n) is 15.6. The van der Waals surface area contributed by atoms with Crippen LogP contribution in [0.3, 0.4) is 0 Å². The molecular formula is C100H60N8. The van der Waals surface area contributed by atoms with E-state index in [1.807, 2.05) is 24.3 Å². The van der Waals surface area contributed by atoms with Gasteiger partial charge in [-0.2, -0.15) is 0 Å². The van der Waals surface area contributed by atoms with Crippen LogP contribution in [0.2, 0.25) is 0 Å². The van der Waals surface area contributed by atoms with Gasteiger partial charge in [-0.3, -0.25) is 0 Å². The molecule has 13 aromatic carbocycles. The van der Waals surface area contributed by atoms with Crippen molar-refractivity contribution in [2.24, 2.45) is 0 Å². The second-order valence-corrected chi connectivity index (χ2v) is 27.8. The first-order chi connectivity index (χ1) is 53.4. The van der Waals surface area contributed by atoms with Crippen LogP contribution in [0.1, 0.15) is 0 Å². The maximum absolute atomic E-state index is 5.56. The highest BCUT2D eigenvalue weighted by Crippen LogP contribution is 2.42. The summed E-state index contributed by atoms with van der Waals surface area (Å²) in [5.74, 6) is 0. The molecule has 21 aromatic rings. The highest BCUT2D eigenvalue weighted by molar-refractivity contribution is 6.12. The zero-order chi connectivity index (χ0) is 71.2. The largest absolute Gasteiger partial charge is 0.248 e. The summed E-state index contributed by atoms with van der Waals surface area (Å²) in [6.07, 6.45) is 0. The van der Waals surface area contributed by atoms with Gasteiger partial charge in [0.25, 0.3) is 0 Å². The van der Waals surface area contributed by atoms with E-state index in [1.54, 1.807) is 0 Å². The number of aromatic nitrogens is 8. The highest BCUT2D eigenvalue weighted by Gasteiger charge is 2.20. The number of pyridine rings is 8. The molecule has 0 fully saturated rings. The third-order valence-electron chi connectivity index (χ3n) is 21.2. The van der Waals surface area contributed by atoms with Gasteiger partial charge in [-0.05, 0) is 129 Å². The Labute approximate surface area is 621 Å². The Kier molecular flexibility index (Phi) is 14.7. The van der Waals surface area contributed by atoms with E-state index in [4.69, 9.17) is 39.9 Å². The molecule has 0 saturated carbocycles. The molecule has 0 saturated heterocycles. The lowest BCUT2D eigenvalue weighted by atomic mass is 9.92. The fourth-order valence-corrected chi connectivity index (χ4v) is 15.6. The van der Waals surface area contributed by atoms with E-state index in [2.05, 4.69) is 340 Å². The first kappa shape index (κ1) is 62.0. The third-order valence-corrected chi connectivity index (χ3v) is 21.2. The van der Waals surface area contributed by atoms with E-state index in [0.29, 0.717) is 0 Å². The first-order valence-corrected chi connectivity index (χ1v) is 36.4. The van der Waals surface area contributed by atoms with Crippen molar-refractivity contribution in [2.45, 2.75) is 0 Å². The zero-order valence-corrected chi connectivity index (χ0v) is 58.2. The Morgan fingerprint density at radius 2 is 0.472 bits per heavy atom. The Hall–Kier alpha value is -14.6. The summed E-state index contributed by atoms with van der Waals surface area (Å²) in [6, 6.07) is 128. The van der Waals surface area contributed by atoms with Gasteiger partial charge in [0.2, 0.25) is 0 Å². The van der Waals surface area contributed by atoms with E-state index in [1.165, 1.54) is 21.9 Å². The number of hydrogen-bond donors (Lipinski definition) is 0. The minimum Gasteiger partial charge on any atom is -0.248 e. The predicted molar refractivity (Wildman–Crippen MR) is 446 cm³/mol. The molecule has 0 atom stereocenters. The molecule has 0 aliphatic carbocycles. The van der Waals surface area contributed by atoms with Gasteiger partial charge in [0.15, 0.2) is 0 Å². The molecule has 0 bridgehead atoms. The molecule has 0 aliphatic heterocycles. The van der Waals surface area contributed by atoms with Gasteiger partial charge in [-0.1, -0.05) is 279 Å². The van der Waals surface area contributed by atoms with Crippen molar-refractivity contribution in [2.75, 3.05) is 0 Å². The van der Waals surface area contributed by atoms with Crippen molar-refractivity contribution in [3.05, 3.63) is 364 Å². The lowest BCUT2D eigenvalue weighted by Gasteiger charge is -2.16. The Balaban J connectivity index is 0.599. The van der Waals surface area contributed by atoms with Crippen LogP contribution in [0.4, 0.5) is 0 Å². The highest BCUT2D eigenvalue weighted by atomic mass is 14.8. The summed E-state index contributed by atoms with van der Waals surface area (Å²) in [5, 5.41) is 10.8. The van der Waals surface area contributed by atoms with Gasteiger partial charge in [-0.15, -0.1) is 0 Å². The second-order valence-electron chi connectivity index (χ2n) is 27.8. The first-order valence-electron chi connectivity index (χ1n) is 36.4. The lowest BCUT2D eigenvalue weighted by molar-refractivity contribution is 1.36. The smallest absolute Gasteiger partial charge is 0.0978 e. The van der Waals surface area contributed by atoms with Crippen LogP contribution >= 0.6 is 0 Å². The lowest BCUT2D eigenvalue weighted by Crippen LogP contribution is -1.95. The molecule has 108 heavy (non-hydrogen) atoms. The van der Waals surface area contributed by atoms with Crippen molar-refractivity contribution >= 4 is 98.0 Å². The van der Waals surface area contributed by atoms with Crippen LogP contribution in [0.25, 0.3) is 221 Å². The molecule has 0 amide bonds. The molecule has 500 valence electrons. The van der Waals surface area contributed by atoms with Crippen molar-refractivity contribution in [3.8, 4) is 123 Å². The number of hydrogen-bond acceptors (Lipinski definition) is 8. The number of fused-ring (bicyclic) bond motifs is 11. The van der Waals surface area contributed by atoms with Gasteiger partial charge < -0.3 is 0 Å². The van der Waals surface area contributed by atoms with Gasteiger partial charge in [-0.25, -0.2) is 39.9 Å². The van der Waals surface area contributed by atoms with Crippen LogP contribution in [0, 0.1) is 0 Å². The summed E-state index contributed by atoms with van der Waals surface area (Å²) < 4.78 is 0. The van der Waals surface area contributed by atoms with Crippen molar-refractivity contribution in [1.29, 1.82) is 0 Å². The maximum atomic E-state index is 5.56.